The van der Waals surface area contributed by atoms with Crippen LogP contribution in [-0.4, -0.2) is 23.3 Å². The second kappa shape index (κ2) is 5.40. The van der Waals surface area contributed by atoms with Gasteiger partial charge in [0.05, 0.1) is 19.2 Å². The molecule has 0 unspecified atom stereocenters. The number of rotatable bonds is 3. The summed E-state index contributed by atoms with van der Waals surface area (Å²) in [6.45, 7) is 0. The van der Waals surface area contributed by atoms with Crippen LogP contribution in [0.25, 0.3) is 11.0 Å². The minimum Gasteiger partial charge on any atom is -0.497 e. The van der Waals surface area contributed by atoms with E-state index in [-0.39, 0.29) is 24.7 Å². The normalized spacial score (nSPS) is 11.2. The van der Waals surface area contributed by atoms with E-state index in [1.807, 2.05) is 6.07 Å². The predicted molar refractivity (Wildman–Crippen MR) is 64.9 cm³/mol. The summed E-state index contributed by atoms with van der Waals surface area (Å²) in [4.78, 5) is 0. The molecule has 17 heavy (non-hydrogen) atoms. The van der Waals surface area contributed by atoms with Gasteiger partial charge in [-0.3, -0.25) is 0 Å². The molecule has 7 heteroatoms. The molecule has 0 aliphatic heterocycles. The fraction of sp³-hybridized carbons (Fsp3) is 0.200. The highest BCUT2D eigenvalue weighted by molar-refractivity contribution is 5.88. The van der Waals surface area contributed by atoms with Crippen LogP contribution in [0.4, 0.5) is 0 Å². The lowest BCUT2D eigenvalue weighted by atomic mass is 10.1. The van der Waals surface area contributed by atoms with Crippen LogP contribution < -0.4 is 10.5 Å². The van der Waals surface area contributed by atoms with Crippen LogP contribution >= 0.6 is 12.4 Å². The van der Waals surface area contributed by atoms with Crippen LogP contribution in [0, 0.1) is 0 Å². The lowest BCUT2D eigenvalue weighted by Gasteiger charge is -1.97. The van der Waals surface area contributed by atoms with E-state index >= 15 is 0 Å². The Labute approximate surface area is 103 Å². The molecule has 0 bridgehead atoms. The third kappa shape index (κ3) is 2.59. The van der Waals surface area contributed by atoms with E-state index in [2.05, 4.69) is 10.3 Å². The van der Waals surface area contributed by atoms with Gasteiger partial charge in [-0.25, -0.2) is 0 Å². The number of methoxy groups -OCH3 is 1. The lowest BCUT2D eigenvalue weighted by Crippen LogP contribution is -2.14. The number of oxime groups is 1. The molecule has 0 aliphatic carbocycles. The molecule has 0 fully saturated rings. The summed E-state index contributed by atoms with van der Waals surface area (Å²) < 4.78 is 10.2. The minimum atomic E-state index is 0. The van der Waals surface area contributed by atoms with Gasteiger partial charge < -0.3 is 20.2 Å². The van der Waals surface area contributed by atoms with Gasteiger partial charge in [0.1, 0.15) is 11.6 Å². The Morgan fingerprint density at radius 1 is 1.59 bits per heavy atom. The summed E-state index contributed by atoms with van der Waals surface area (Å²) in [6.07, 6.45) is 0.246. The van der Waals surface area contributed by atoms with Crippen molar-refractivity contribution >= 4 is 29.2 Å². The summed E-state index contributed by atoms with van der Waals surface area (Å²) in [6, 6.07) is 5.36. The zero-order valence-corrected chi connectivity index (χ0v) is 9.90. The van der Waals surface area contributed by atoms with Gasteiger partial charge in [-0.05, 0) is 12.1 Å². The van der Waals surface area contributed by atoms with Gasteiger partial charge in [-0.2, -0.15) is 0 Å². The molecule has 0 amide bonds. The van der Waals surface area contributed by atoms with Crippen LogP contribution in [0.1, 0.15) is 5.69 Å². The number of ether oxygens (including phenoxy) is 1. The van der Waals surface area contributed by atoms with Gasteiger partial charge in [0.2, 0.25) is 0 Å². The molecule has 0 aliphatic rings. The zero-order valence-electron chi connectivity index (χ0n) is 9.08. The van der Waals surface area contributed by atoms with E-state index < -0.39 is 0 Å². The number of halogens is 1. The molecular formula is C10H12ClN3O3. The molecule has 1 aromatic heterocycles. The number of benzene rings is 1. The number of aromatic nitrogens is 1. The summed E-state index contributed by atoms with van der Waals surface area (Å²) in [5, 5.41) is 16.0. The Bertz CT molecular complexity index is 539. The number of nitrogens with two attached hydrogens (primary N) is 1. The van der Waals surface area contributed by atoms with Crippen LogP contribution in [0.3, 0.4) is 0 Å². The van der Waals surface area contributed by atoms with Gasteiger partial charge in [-0.1, -0.05) is 10.3 Å². The highest BCUT2D eigenvalue weighted by Crippen LogP contribution is 2.23. The second-order valence-electron chi connectivity index (χ2n) is 3.26. The van der Waals surface area contributed by atoms with Crippen molar-refractivity contribution in [1.82, 2.24) is 5.16 Å². The van der Waals surface area contributed by atoms with Crippen LogP contribution in [-0.2, 0) is 6.42 Å². The third-order valence-corrected chi connectivity index (χ3v) is 2.23. The molecule has 0 spiro atoms. The Balaban J connectivity index is 0.00000144. The zero-order chi connectivity index (χ0) is 11.5. The van der Waals surface area contributed by atoms with E-state index in [1.165, 1.54) is 0 Å². The number of amidine groups is 1. The molecule has 3 N–H and O–H groups in total. The molecule has 0 atom stereocenters. The van der Waals surface area contributed by atoms with Crippen molar-refractivity contribution in [3.63, 3.8) is 0 Å². The predicted octanol–water partition coefficient (Wildman–Crippen LogP) is 1.55. The maximum absolute atomic E-state index is 8.47. The highest BCUT2D eigenvalue weighted by Gasteiger charge is 2.10. The van der Waals surface area contributed by atoms with E-state index in [0.717, 1.165) is 5.39 Å². The van der Waals surface area contributed by atoms with Crippen molar-refractivity contribution in [3.8, 4) is 5.75 Å². The van der Waals surface area contributed by atoms with Crippen LogP contribution in [0.5, 0.6) is 5.75 Å². The number of hydrogen-bond donors (Lipinski definition) is 2. The van der Waals surface area contributed by atoms with Crippen molar-refractivity contribution in [2.24, 2.45) is 10.9 Å². The Morgan fingerprint density at radius 3 is 3.00 bits per heavy atom. The van der Waals surface area contributed by atoms with Crippen molar-refractivity contribution in [2.75, 3.05) is 7.11 Å². The number of fused-ring (bicyclic) bond motifs is 1. The lowest BCUT2D eigenvalue weighted by molar-refractivity contribution is 0.317. The molecule has 1 heterocycles. The molecule has 0 saturated heterocycles. The summed E-state index contributed by atoms with van der Waals surface area (Å²) >= 11 is 0. The Morgan fingerprint density at radius 2 is 2.35 bits per heavy atom. The second-order valence-corrected chi connectivity index (χ2v) is 3.26. The number of hydrogen-bond acceptors (Lipinski definition) is 5. The first-order valence-corrected chi connectivity index (χ1v) is 4.63. The Hall–Kier alpha value is -1.95. The largest absolute Gasteiger partial charge is 0.497 e. The van der Waals surface area contributed by atoms with Crippen molar-refractivity contribution < 1.29 is 14.5 Å². The molecule has 0 radical (unpaired) electrons. The van der Waals surface area contributed by atoms with E-state index in [9.17, 15) is 0 Å². The fourth-order valence-electron chi connectivity index (χ4n) is 1.43. The summed E-state index contributed by atoms with van der Waals surface area (Å²) in [5.74, 6) is 0.782. The third-order valence-electron chi connectivity index (χ3n) is 2.23. The van der Waals surface area contributed by atoms with Crippen LogP contribution in [0.15, 0.2) is 27.9 Å². The maximum atomic E-state index is 8.47. The molecular weight excluding hydrogens is 246 g/mol. The van der Waals surface area contributed by atoms with Gasteiger partial charge in [0, 0.05) is 11.5 Å². The molecule has 0 saturated carbocycles. The first kappa shape index (κ1) is 13.1. The quantitative estimate of drug-likeness (QED) is 0.377. The first-order valence-electron chi connectivity index (χ1n) is 4.63. The molecule has 1 aromatic carbocycles. The van der Waals surface area contributed by atoms with Gasteiger partial charge in [0.15, 0.2) is 5.58 Å². The summed E-state index contributed by atoms with van der Waals surface area (Å²) in [5.41, 5.74) is 6.65. The van der Waals surface area contributed by atoms with Gasteiger partial charge >= 0.3 is 0 Å². The highest BCUT2D eigenvalue weighted by atomic mass is 35.5. The van der Waals surface area contributed by atoms with E-state index in [1.54, 1.807) is 19.2 Å². The SMILES string of the molecule is COc1ccc2c(CC(N)=NO)noc2c1.Cl. The fourth-order valence-corrected chi connectivity index (χ4v) is 1.43. The maximum Gasteiger partial charge on any atom is 0.170 e. The van der Waals surface area contributed by atoms with Gasteiger partial charge in [0.25, 0.3) is 0 Å². The Kier molecular flexibility index (Phi) is 4.17. The average Bonchev–Trinajstić information content (AvgIpc) is 2.71. The molecule has 6 nitrogen and oxygen atoms in total. The molecule has 2 aromatic rings. The van der Waals surface area contributed by atoms with Crippen molar-refractivity contribution in [2.45, 2.75) is 6.42 Å². The topological polar surface area (TPSA) is 93.9 Å². The summed E-state index contributed by atoms with van der Waals surface area (Å²) in [7, 11) is 1.58. The minimum absolute atomic E-state index is 0. The number of nitrogens with zero attached hydrogens (tertiary/aromatic N) is 2. The van der Waals surface area contributed by atoms with Crippen molar-refractivity contribution in [3.05, 3.63) is 23.9 Å². The average molecular weight is 258 g/mol. The van der Waals surface area contributed by atoms with E-state index in [0.29, 0.717) is 17.0 Å². The van der Waals surface area contributed by atoms with Gasteiger partial charge in [-0.15, -0.1) is 12.4 Å². The monoisotopic (exact) mass is 257 g/mol. The molecule has 92 valence electrons. The molecule has 2 rings (SSSR count). The van der Waals surface area contributed by atoms with Crippen molar-refractivity contribution in [1.29, 1.82) is 0 Å². The standard InChI is InChI=1S/C10H11N3O3.ClH/c1-15-6-2-3-7-8(5-10(11)12-14)13-16-9(7)4-6;/h2-4,14H,5H2,1H3,(H2,11,12);1H. The van der Waals surface area contributed by atoms with Crippen LogP contribution in [0.2, 0.25) is 0 Å². The first-order chi connectivity index (χ1) is 7.74. The van der Waals surface area contributed by atoms with E-state index in [4.69, 9.17) is 20.2 Å². The smallest absolute Gasteiger partial charge is 0.170 e.